The van der Waals surface area contributed by atoms with Gasteiger partial charge < -0.3 is 5.32 Å². The number of amides is 1. The fraction of sp³-hybridized carbons (Fsp3) is 0.143. The second-order valence-corrected chi connectivity index (χ2v) is 2.00. The van der Waals surface area contributed by atoms with Crippen molar-refractivity contribution in [3.8, 4) is 0 Å². The van der Waals surface area contributed by atoms with E-state index in [4.69, 9.17) is 11.6 Å². The van der Waals surface area contributed by atoms with Gasteiger partial charge in [-0.15, -0.1) is 0 Å². The number of hydrogen-bond donors (Lipinski definition) is 1. The van der Waals surface area contributed by atoms with Gasteiger partial charge in [0.05, 0.1) is 5.57 Å². The summed E-state index contributed by atoms with van der Waals surface area (Å²) in [4.78, 5) is 14.3. The summed E-state index contributed by atoms with van der Waals surface area (Å²) < 4.78 is 0. The van der Waals surface area contributed by atoms with Crippen LogP contribution in [0.2, 0.25) is 0 Å². The summed E-state index contributed by atoms with van der Waals surface area (Å²) in [5.41, 5.74) is 0.226. The van der Waals surface area contributed by atoms with Gasteiger partial charge in [-0.3, -0.25) is 9.79 Å². The first-order valence-corrected chi connectivity index (χ1v) is 3.26. The van der Waals surface area contributed by atoms with Crippen LogP contribution < -0.4 is 5.32 Å². The van der Waals surface area contributed by atoms with Gasteiger partial charge in [0.25, 0.3) is 5.91 Å². The Morgan fingerprint density at radius 2 is 2.27 bits per heavy atom. The third kappa shape index (κ3) is 2.55. The highest BCUT2D eigenvalue weighted by atomic mass is 35.5. The summed E-state index contributed by atoms with van der Waals surface area (Å²) >= 11 is 5.52. The van der Waals surface area contributed by atoms with Crippen LogP contribution in [-0.4, -0.2) is 19.7 Å². The lowest BCUT2D eigenvalue weighted by Gasteiger charge is -1.99. The van der Waals surface area contributed by atoms with Gasteiger partial charge in [-0.1, -0.05) is 24.3 Å². The Balaban J connectivity index is 4.78. The van der Waals surface area contributed by atoms with Gasteiger partial charge in [-0.2, -0.15) is 0 Å². The van der Waals surface area contributed by atoms with Crippen molar-refractivity contribution in [1.29, 1.82) is 0 Å². The number of hydrogen-bond acceptors (Lipinski definition) is 2. The molecule has 0 saturated heterocycles. The summed E-state index contributed by atoms with van der Waals surface area (Å²) in [5.74, 6) is -0.322. The van der Waals surface area contributed by atoms with Crippen molar-refractivity contribution in [2.24, 2.45) is 4.99 Å². The molecule has 0 aromatic rings. The molecule has 0 aliphatic carbocycles. The zero-order valence-electron chi connectivity index (χ0n) is 6.22. The van der Waals surface area contributed by atoms with Crippen LogP contribution in [0.4, 0.5) is 0 Å². The minimum absolute atomic E-state index is 0.0550. The number of halogens is 1. The molecule has 60 valence electrons. The van der Waals surface area contributed by atoms with Crippen LogP contribution in [0.3, 0.4) is 0 Å². The Hall–Kier alpha value is -1.09. The van der Waals surface area contributed by atoms with Crippen molar-refractivity contribution in [3.63, 3.8) is 0 Å². The van der Waals surface area contributed by atoms with Crippen LogP contribution in [0.1, 0.15) is 0 Å². The number of nitrogens with one attached hydrogen (secondary N) is 1. The number of aliphatic imine (C=N–C) groups is 1. The van der Waals surface area contributed by atoms with E-state index in [0.717, 1.165) is 0 Å². The molecular formula is C7H9ClN2O. The van der Waals surface area contributed by atoms with E-state index in [1.165, 1.54) is 13.1 Å². The molecule has 11 heavy (non-hydrogen) atoms. The topological polar surface area (TPSA) is 41.5 Å². The summed E-state index contributed by atoms with van der Waals surface area (Å²) in [6.45, 7) is 6.59. The van der Waals surface area contributed by atoms with E-state index < -0.39 is 0 Å². The van der Waals surface area contributed by atoms with Crippen LogP contribution in [0, 0.1) is 0 Å². The second-order valence-electron chi connectivity index (χ2n) is 1.65. The third-order valence-electron chi connectivity index (χ3n) is 1.04. The van der Waals surface area contributed by atoms with E-state index in [2.05, 4.69) is 23.6 Å². The van der Waals surface area contributed by atoms with Crippen molar-refractivity contribution in [3.05, 3.63) is 23.4 Å². The molecule has 0 radical (unpaired) electrons. The highest BCUT2D eigenvalue weighted by Crippen LogP contribution is 2.10. The minimum Gasteiger partial charge on any atom is -0.355 e. The third-order valence-corrected chi connectivity index (χ3v) is 1.36. The molecule has 0 aromatic heterocycles. The summed E-state index contributed by atoms with van der Waals surface area (Å²) in [5, 5.41) is 2.45. The Morgan fingerprint density at radius 3 is 2.55 bits per heavy atom. The molecule has 0 unspecified atom stereocenters. The van der Waals surface area contributed by atoms with Gasteiger partial charge in [0, 0.05) is 7.05 Å². The first-order valence-electron chi connectivity index (χ1n) is 2.88. The molecule has 0 aromatic carbocycles. The maximum atomic E-state index is 10.9. The Morgan fingerprint density at radius 1 is 1.73 bits per heavy atom. The smallest absolute Gasteiger partial charge is 0.254 e. The number of nitrogens with zero attached hydrogens (tertiary/aromatic N) is 1. The SMILES string of the molecule is C=C/C(C(=O)NC)=C(/Cl)N=C. The molecule has 0 aliphatic heterocycles. The molecule has 4 heteroatoms. The molecular weight excluding hydrogens is 164 g/mol. The van der Waals surface area contributed by atoms with Gasteiger partial charge in [0.1, 0.15) is 5.16 Å². The highest BCUT2D eigenvalue weighted by molar-refractivity contribution is 6.32. The molecule has 1 N–H and O–H groups in total. The number of carbonyl (C=O) groups excluding carboxylic acids is 1. The normalized spacial score (nSPS) is 11.5. The Kier molecular flexibility index (Phi) is 4.22. The zero-order chi connectivity index (χ0) is 8.85. The molecule has 1 amide bonds. The van der Waals surface area contributed by atoms with Gasteiger partial charge in [-0.25, -0.2) is 0 Å². The fourth-order valence-corrected chi connectivity index (χ4v) is 0.653. The maximum Gasteiger partial charge on any atom is 0.254 e. The summed E-state index contributed by atoms with van der Waals surface area (Å²) in [6, 6.07) is 0. The number of carbonyl (C=O) groups is 1. The van der Waals surface area contributed by atoms with E-state index in [-0.39, 0.29) is 16.6 Å². The summed E-state index contributed by atoms with van der Waals surface area (Å²) in [7, 11) is 1.50. The average Bonchev–Trinajstić information content (AvgIpc) is 2.05. The van der Waals surface area contributed by atoms with Crippen LogP contribution in [0.25, 0.3) is 0 Å². The first kappa shape index (κ1) is 9.91. The summed E-state index contributed by atoms with van der Waals surface area (Å²) in [6.07, 6.45) is 1.33. The molecule has 0 spiro atoms. The lowest BCUT2D eigenvalue weighted by Crippen LogP contribution is -2.19. The molecule has 0 bridgehead atoms. The largest absolute Gasteiger partial charge is 0.355 e. The fourth-order valence-electron chi connectivity index (χ4n) is 0.490. The van der Waals surface area contributed by atoms with E-state index in [9.17, 15) is 4.79 Å². The van der Waals surface area contributed by atoms with Crippen molar-refractivity contribution >= 4 is 24.2 Å². The van der Waals surface area contributed by atoms with Crippen molar-refractivity contribution < 1.29 is 4.79 Å². The lowest BCUT2D eigenvalue weighted by molar-refractivity contribution is -0.116. The molecule has 0 aliphatic rings. The van der Waals surface area contributed by atoms with Crippen LogP contribution in [-0.2, 0) is 4.79 Å². The average molecular weight is 173 g/mol. The van der Waals surface area contributed by atoms with Crippen LogP contribution >= 0.6 is 11.6 Å². The molecule has 3 nitrogen and oxygen atoms in total. The molecule has 0 fully saturated rings. The highest BCUT2D eigenvalue weighted by Gasteiger charge is 2.06. The van der Waals surface area contributed by atoms with E-state index >= 15 is 0 Å². The zero-order valence-corrected chi connectivity index (χ0v) is 6.98. The standard InChI is InChI=1S/C7H9ClN2O/c1-4-5(6(8)9-2)7(11)10-3/h4H,1-2H2,3H3,(H,10,11)/b6-5+. The Bertz CT molecular complexity index is 220. The predicted molar refractivity (Wildman–Crippen MR) is 46.7 cm³/mol. The minimum atomic E-state index is -0.322. The molecule has 0 heterocycles. The maximum absolute atomic E-state index is 10.9. The van der Waals surface area contributed by atoms with Gasteiger partial charge in [0.15, 0.2) is 0 Å². The quantitative estimate of drug-likeness (QED) is 0.294. The molecule has 0 atom stereocenters. The van der Waals surface area contributed by atoms with Crippen molar-refractivity contribution in [1.82, 2.24) is 5.32 Å². The second kappa shape index (κ2) is 4.68. The van der Waals surface area contributed by atoms with Crippen LogP contribution in [0.5, 0.6) is 0 Å². The number of rotatable bonds is 3. The van der Waals surface area contributed by atoms with Gasteiger partial charge in [0.2, 0.25) is 0 Å². The van der Waals surface area contributed by atoms with Crippen molar-refractivity contribution in [2.45, 2.75) is 0 Å². The van der Waals surface area contributed by atoms with E-state index in [1.54, 1.807) is 0 Å². The molecule has 0 saturated carbocycles. The lowest BCUT2D eigenvalue weighted by atomic mass is 10.3. The van der Waals surface area contributed by atoms with Crippen molar-refractivity contribution in [2.75, 3.05) is 7.05 Å². The Labute approximate surface area is 70.5 Å². The molecule has 0 rings (SSSR count). The van der Waals surface area contributed by atoms with Gasteiger partial charge in [-0.05, 0) is 6.72 Å². The predicted octanol–water partition coefficient (Wildman–Crippen LogP) is 1.07. The van der Waals surface area contributed by atoms with E-state index in [1.807, 2.05) is 0 Å². The van der Waals surface area contributed by atoms with Gasteiger partial charge >= 0.3 is 0 Å². The number of likely N-dealkylation sites (N-methyl/N-ethyl adjacent to an activating group) is 1. The van der Waals surface area contributed by atoms with E-state index in [0.29, 0.717) is 0 Å². The first-order chi connectivity index (χ1) is 5.17. The van der Waals surface area contributed by atoms with Crippen LogP contribution in [0.15, 0.2) is 28.4 Å². The monoisotopic (exact) mass is 172 g/mol.